The number of morpholine rings is 1. The van der Waals surface area contributed by atoms with Crippen LogP contribution >= 0.6 is 23.1 Å². The number of benzene rings is 1. The lowest BCUT2D eigenvalue weighted by Crippen LogP contribution is -2.37. The zero-order chi connectivity index (χ0) is 19.4. The number of thioether (sulfide) groups is 1. The quantitative estimate of drug-likeness (QED) is 0.750. The summed E-state index contributed by atoms with van der Waals surface area (Å²) in [6.45, 7) is 3.73. The number of nitrogens with zero attached hydrogens (tertiary/aromatic N) is 3. The van der Waals surface area contributed by atoms with Gasteiger partial charge in [0.25, 0.3) is 0 Å². The molecule has 11 heteroatoms. The average Bonchev–Trinajstić information content (AvgIpc) is 3.14. The van der Waals surface area contributed by atoms with Crippen LogP contribution in [0.4, 0.5) is 24.5 Å². The van der Waals surface area contributed by atoms with E-state index in [-0.39, 0.29) is 5.69 Å². The molecule has 0 spiro atoms. The van der Waals surface area contributed by atoms with Crippen molar-refractivity contribution in [3.63, 3.8) is 0 Å². The van der Waals surface area contributed by atoms with Gasteiger partial charge in [-0.25, -0.2) is 0 Å². The average molecular weight is 418 g/mol. The molecule has 1 aromatic carbocycles. The second-order valence-corrected chi connectivity index (χ2v) is 8.20. The lowest BCUT2D eigenvalue weighted by atomic mass is 10.1. The van der Waals surface area contributed by atoms with Crippen LogP contribution in [0.3, 0.4) is 0 Å². The monoisotopic (exact) mass is 418 g/mol. The highest BCUT2D eigenvalue weighted by Crippen LogP contribution is 2.36. The molecule has 0 saturated carbocycles. The van der Waals surface area contributed by atoms with Crippen LogP contribution in [-0.4, -0.2) is 47.7 Å². The molecule has 2 aromatic rings. The number of anilines is 2. The molecule has 1 saturated heterocycles. The molecule has 2 heterocycles. The maximum atomic E-state index is 13.1. The van der Waals surface area contributed by atoms with Crippen LogP contribution in [-0.2, 0) is 15.7 Å². The second-order valence-electron chi connectivity index (χ2n) is 5.78. The third kappa shape index (κ3) is 5.11. The van der Waals surface area contributed by atoms with E-state index in [1.165, 1.54) is 29.2 Å². The molecular formula is C16H17F3N4O2S2. The van der Waals surface area contributed by atoms with E-state index in [0.717, 1.165) is 12.1 Å². The third-order valence-corrected chi connectivity index (χ3v) is 5.83. The number of aromatic nitrogens is 2. The fraction of sp³-hybridized carbons (Fsp3) is 0.438. The molecule has 1 aliphatic rings. The van der Waals surface area contributed by atoms with Crippen molar-refractivity contribution in [3.05, 3.63) is 29.3 Å². The van der Waals surface area contributed by atoms with Crippen molar-refractivity contribution in [1.29, 1.82) is 0 Å². The molecular weight excluding hydrogens is 401 g/mol. The summed E-state index contributed by atoms with van der Waals surface area (Å²) in [7, 11) is 0. The van der Waals surface area contributed by atoms with E-state index in [2.05, 4.69) is 15.5 Å². The van der Waals surface area contributed by atoms with Gasteiger partial charge in [-0.3, -0.25) is 4.79 Å². The van der Waals surface area contributed by atoms with Crippen LogP contribution in [0.25, 0.3) is 0 Å². The van der Waals surface area contributed by atoms with Gasteiger partial charge < -0.3 is 15.0 Å². The van der Waals surface area contributed by atoms with Crippen LogP contribution in [0.15, 0.2) is 28.0 Å². The number of rotatable bonds is 5. The Morgan fingerprint density at radius 2 is 2.11 bits per heavy atom. The molecule has 0 aliphatic carbocycles. The fourth-order valence-corrected chi connectivity index (χ4v) is 4.17. The minimum Gasteiger partial charge on any atom is -0.378 e. The summed E-state index contributed by atoms with van der Waals surface area (Å²) in [5, 5.41) is 9.68. The van der Waals surface area contributed by atoms with Crippen molar-refractivity contribution in [2.45, 2.75) is 22.7 Å². The molecule has 1 N–H and O–H groups in total. The molecule has 146 valence electrons. The van der Waals surface area contributed by atoms with E-state index in [0.29, 0.717) is 36.3 Å². The van der Waals surface area contributed by atoms with Crippen molar-refractivity contribution < 1.29 is 22.7 Å². The Kier molecular flexibility index (Phi) is 6.22. The highest BCUT2D eigenvalue weighted by molar-refractivity contribution is 8.02. The number of nitrogens with one attached hydrogen (secondary N) is 1. The number of carbonyl (C=O) groups is 1. The summed E-state index contributed by atoms with van der Waals surface area (Å²) in [5.74, 6) is -0.399. The molecule has 1 fully saturated rings. The number of carbonyl (C=O) groups excluding carboxylic acids is 1. The predicted octanol–water partition coefficient (Wildman–Crippen LogP) is 3.51. The molecule has 1 amide bonds. The first-order valence-corrected chi connectivity index (χ1v) is 9.88. The van der Waals surface area contributed by atoms with E-state index >= 15 is 0 Å². The molecule has 0 unspecified atom stereocenters. The summed E-state index contributed by atoms with van der Waals surface area (Å²) < 4.78 is 45.3. The van der Waals surface area contributed by atoms with Gasteiger partial charge in [-0.2, -0.15) is 13.2 Å². The minimum atomic E-state index is -4.49. The van der Waals surface area contributed by atoms with Gasteiger partial charge in [0.15, 0.2) is 4.34 Å². The Hall–Kier alpha value is -1.85. The molecule has 1 aliphatic heterocycles. The van der Waals surface area contributed by atoms with Crippen LogP contribution in [0.2, 0.25) is 0 Å². The lowest BCUT2D eigenvalue weighted by molar-refractivity contribution is -0.137. The van der Waals surface area contributed by atoms with Gasteiger partial charge in [-0.1, -0.05) is 23.1 Å². The SMILES string of the molecule is C[C@@H](Sc1nncs1)C(=O)Nc1cc(C(F)(F)F)ccc1N1CCOCC1. The molecule has 0 radical (unpaired) electrons. The van der Waals surface area contributed by atoms with E-state index in [1.54, 1.807) is 12.4 Å². The van der Waals surface area contributed by atoms with Crippen LogP contribution in [0.1, 0.15) is 12.5 Å². The number of hydrogen-bond donors (Lipinski definition) is 1. The Morgan fingerprint density at radius 3 is 2.74 bits per heavy atom. The van der Waals surface area contributed by atoms with Gasteiger partial charge in [-0.05, 0) is 25.1 Å². The van der Waals surface area contributed by atoms with Crippen LogP contribution in [0, 0.1) is 0 Å². The molecule has 6 nitrogen and oxygen atoms in total. The van der Waals surface area contributed by atoms with E-state index in [4.69, 9.17) is 4.74 Å². The summed E-state index contributed by atoms with van der Waals surface area (Å²) in [5.41, 5.74) is 1.43. The molecule has 1 aromatic heterocycles. The number of alkyl halides is 3. The fourth-order valence-electron chi connectivity index (χ4n) is 2.55. The normalized spacial score (nSPS) is 16.2. The first-order valence-electron chi connectivity index (χ1n) is 8.12. The Balaban J connectivity index is 1.82. The standard InChI is InChI=1S/C16H17F3N4O2S2/c1-10(27-15-22-20-9-26-15)14(24)21-12-8-11(16(17,18)19)2-3-13(12)23-4-6-25-7-5-23/h2-3,8-10H,4-7H2,1H3,(H,21,24)/t10-/m1/s1. The topological polar surface area (TPSA) is 67.4 Å². The Labute approximate surface area is 162 Å². The first-order chi connectivity index (χ1) is 12.8. The molecule has 1 atom stereocenters. The van der Waals surface area contributed by atoms with E-state index in [9.17, 15) is 18.0 Å². The van der Waals surface area contributed by atoms with Gasteiger partial charge in [0.2, 0.25) is 5.91 Å². The van der Waals surface area contributed by atoms with Gasteiger partial charge in [-0.15, -0.1) is 10.2 Å². The van der Waals surface area contributed by atoms with Gasteiger partial charge in [0, 0.05) is 13.1 Å². The highest BCUT2D eigenvalue weighted by Gasteiger charge is 2.32. The maximum absolute atomic E-state index is 13.1. The third-order valence-electron chi connectivity index (χ3n) is 3.92. The zero-order valence-electron chi connectivity index (χ0n) is 14.3. The zero-order valence-corrected chi connectivity index (χ0v) is 16.0. The summed E-state index contributed by atoms with van der Waals surface area (Å²) in [6, 6.07) is 3.40. The van der Waals surface area contributed by atoms with Crippen molar-refractivity contribution in [3.8, 4) is 0 Å². The van der Waals surface area contributed by atoms with Gasteiger partial charge in [0.1, 0.15) is 5.51 Å². The summed E-state index contributed by atoms with van der Waals surface area (Å²) >= 11 is 2.50. The largest absolute Gasteiger partial charge is 0.416 e. The minimum absolute atomic E-state index is 0.140. The van der Waals surface area contributed by atoms with Crippen molar-refractivity contribution in [1.82, 2.24) is 10.2 Å². The number of amides is 1. The Bertz CT molecular complexity index is 780. The predicted molar refractivity (Wildman–Crippen MR) is 98.3 cm³/mol. The molecule has 27 heavy (non-hydrogen) atoms. The van der Waals surface area contributed by atoms with Gasteiger partial charge in [0.05, 0.1) is 35.4 Å². The highest BCUT2D eigenvalue weighted by atomic mass is 32.2. The lowest BCUT2D eigenvalue weighted by Gasteiger charge is -2.31. The van der Waals surface area contributed by atoms with Crippen molar-refractivity contribution >= 4 is 40.4 Å². The van der Waals surface area contributed by atoms with Crippen molar-refractivity contribution in [2.75, 3.05) is 36.5 Å². The van der Waals surface area contributed by atoms with E-state index in [1.807, 2.05) is 4.90 Å². The molecule has 0 bridgehead atoms. The molecule has 3 rings (SSSR count). The van der Waals surface area contributed by atoms with Crippen LogP contribution in [0.5, 0.6) is 0 Å². The van der Waals surface area contributed by atoms with E-state index < -0.39 is 22.9 Å². The van der Waals surface area contributed by atoms with Crippen LogP contribution < -0.4 is 10.2 Å². The summed E-state index contributed by atoms with van der Waals surface area (Å²) in [6.07, 6.45) is -4.49. The smallest absolute Gasteiger partial charge is 0.378 e. The van der Waals surface area contributed by atoms with Gasteiger partial charge >= 0.3 is 6.18 Å². The van der Waals surface area contributed by atoms with Crippen molar-refractivity contribution in [2.24, 2.45) is 0 Å². The maximum Gasteiger partial charge on any atom is 0.416 e. The second kappa shape index (κ2) is 8.44. The number of hydrogen-bond acceptors (Lipinski definition) is 7. The first kappa shape index (κ1) is 19.9. The Morgan fingerprint density at radius 1 is 1.37 bits per heavy atom. The number of ether oxygens (including phenoxy) is 1. The number of halogens is 3. The summed E-state index contributed by atoms with van der Waals surface area (Å²) in [4.78, 5) is 14.4.